The Bertz CT molecular complexity index is 374. The monoisotopic (exact) mass is 317 g/mol. The topological polar surface area (TPSA) is 12.5 Å². The van der Waals surface area contributed by atoms with Crippen LogP contribution in [0.5, 0.6) is 0 Å². The van der Waals surface area contributed by atoms with Gasteiger partial charge in [-0.3, -0.25) is 4.90 Å². The molecule has 2 nitrogen and oxygen atoms in total. The lowest BCUT2D eigenvalue weighted by Gasteiger charge is -2.37. The van der Waals surface area contributed by atoms with Crippen molar-refractivity contribution in [2.75, 3.05) is 19.0 Å². The summed E-state index contributed by atoms with van der Waals surface area (Å²) >= 11 is 9.37. The standard InChI is InChI=1S/C13H17BrClNO/c1-10-9-17-13(6-15)8-16(10)7-11-3-2-4-12(14)5-11/h2-5,10,13H,6-9H2,1H3. The van der Waals surface area contributed by atoms with Crippen LogP contribution in [0.25, 0.3) is 0 Å². The molecule has 2 rings (SSSR count). The van der Waals surface area contributed by atoms with Crippen molar-refractivity contribution in [1.82, 2.24) is 4.90 Å². The third-order valence-electron chi connectivity index (χ3n) is 3.08. The number of benzene rings is 1. The van der Waals surface area contributed by atoms with Crippen molar-refractivity contribution in [3.05, 3.63) is 34.3 Å². The molecule has 0 aromatic heterocycles. The lowest BCUT2D eigenvalue weighted by molar-refractivity contribution is -0.0510. The molecular weight excluding hydrogens is 302 g/mol. The molecule has 1 aromatic rings. The quantitative estimate of drug-likeness (QED) is 0.793. The van der Waals surface area contributed by atoms with Crippen LogP contribution in [0.2, 0.25) is 0 Å². The van der Waals surface area contributed by atoms with Crippen molar-refractivity contribution in [3.63, 3.8) is 0 Å². The molecule has 1 aromatic carbocycles. The lowest BCUT2D eigenvalue weighted by Crippen LogP contribution is -2.48. The Morgan fingerprint density at radius 2 is 2.35 bits per heavy atom. The highest BCUT2D eigenvalue weighted by Gasteiger charge is 2.25. The highest BCUT2D eigenvalue weighted by molar-refractivity contribution is 9.10. The molecular formula is C13H17BrClNO. The van der Waals surface area contributed by atoms with Crippen molar-refractivity contribution in [2.24, 2.45) is 0 Å². The molecule has 94 valence electrons. The van der Waals surface area contributed by atoms with Crippen LogP contribution in [0.15, 0.2) is 28.7 Å². The number of nitrogens with zero attached hydrogens (tertiary/aromatic N) is 1. The summed E-state index contributed by atoms with van der Waals surface area (Å²) in [7, 11) is 0. The summed E-state index contributed by atoms with van der Waals surface area (Å²) in [5.41, 5.74) is 1.32. The van der Waals surface area contributed by atoms with Crippen molar-refractivity contribution < 1.29 is 4.74 Å². The predicted molar refractivity (Wildman–Crippen MR) is 74.5 cm³/mol. The first-order valence-corrected chi connectivity index (χ1v) is 7.18. The first-order chi connectivity index (χ1) is 8.19. The molecule has 1 heterocycles. The minimum Gasteiger partial charge on any atom is -0.374 e. The van der Waals surface area contributed by atoms with Gasteiger partial charge in [-0.2, -0.15) is 0 Å². The number of morpholine rings is 1. The van der Waals surface area contributed by atoms with Crippen LogP contribution in [-0.4, -0.2) is 36.1 Å². The molecule has 1 aliphatic rings. The Balaban J connectivity index is 2.01. The summed E-state index contributed by atoms with van der Waals surface area (Å²) in [6.45, 7) is 4.84. The van der Waals surface area contributed by atoms with Gasteiger partial charge in [0.05, 0.1) is 12.7 Å². The molecule has 0 radical (unpaired) electrons. The summed E-state index contributed by atoms with van der Waals surface area (Å²) in [5, 5.41) is 0. The van der Waals surface area contributed by atoms with Crippen molar-refractivity contribution in [1.29, 1.82) is 0 Å². The fourth-order valence-electron chi connectivity index (χ4n) is 2.06. The van der Waals surface area contributed by atoms with Crippen LogP contribution < -0.4 is 0 Å². The van der Waals surface area contributed by atoms with E-state index in [2.05, 4.69) is 46.0 Å². The molecule has 0 saturated carbocycles. The smallest absolute Gasteiger partial charge is 0.0838 e. The maximum atomic E-state index is 5.86. The average molecular weight is 319 g/mol. The van der Waals surface area contributed by atoms with Crippen LogP contribution in [-0.2, 0) is 11.3 Å². The summed E-state index contributed by atoms with van der Waals surface area (Å²) in [4.78, 5) is 2.43. The highest BCUT2D eigenvalue weighted by Crippen LogP contribution is 2.18. The number of rotatable bonds is 3. The Morgan fingerprint density at radius 3 is 3.06 bits per heavy atom. The fraction of sp³-hybridized carbons (Fsp3) is 0.538. The Hall–Kier alpha value is -0.0900. The van der Waals surface area contributed by atoms with Crippen molar-refractivity contribution >= 4 is 27.5 Å². The molecule has 2 unspecified atom stereocenters. The largest absolute Gasteiger partial charge is 0.374 e. The van der Waals surface area contributed by atoms with Gasteiger partial charge in [0, 0.05) is 29.5 Å². The summed E-state index contributed by atoms with van der Waals surface area (Å²) in [6, 6.07) is 8.89. The second kappa shape index (κ2) is 6.19. The Labute approximate surface area is 116 Å². The van der Waals surface area contributed by atoms with E-state index in [9.17, 15) is 0 Å². The molecule has 0 N–H and O–H groups in total. The van der Waals surface area contributed by atoms with Gasteiger partial charge in [-0.1, -0.05) is 28.1 Å². The average Bonchev–Trinajstić information content (AvgIpc) is 2.32. The van der Waals surface area contributed by atoms with Crippen molar-refractivity contribution in [3.8, 4) is 0 Å². The molecule has 1 fully saturated rings. The zero-order valence-corrected chi connectivity index (χ0v) is 12.2. The van der Waals surface area contributed by atoms with Crippen LogP contribution in [0.4, 0.5) is 0 Å². The number of ether oxygens (including phenoxy) is 1. The van der Waals surface area contributed by atoms with E-state index in [0.717, 1.165) is 24.2 Å². The van der Waals surface area contributed by atoms with E-state index in [4.69, 9.17) is 16.3 Å². The molecule has 0 bridgehead atoms. The third-order valence-corrected chi connectivity index (χ3v) is 3.92. The second-order valence-electron chi connectivity index (χ2n) is 4.52. The van der Waals surface area contributed by atoms with Gasteiger partial charge in [-0.25, -0.2) is 0 Å². The number of hydrogen-bond donors (Lipinski definition) is 0. The number of halogens is 2. The van der Waals surface area contributed by atoms with Gasteiger partial charge in [0.1, 0.15) is 0 Å². The maximum Gasteiger partial charge on any atom is 0.0838 e. The van der Waals surface area contributed by atoms with Crippen LogP contribution in [0.3, 0.4) is 0 Å². The zero-order chi connectivity index (χ0) is 12.3. The molecule has 0 spiro atoms. The molecule has 2 atom stereocenters. The zero-order valence-electron chi connectivity index (χ0n) is 9.90. The molecule has 1 saturated heterocycles. The first-order valence-electron chi connectivity index (χ1n) is 5.85. The number of alkyl halides is 1. The SMILES string of the molecule is CC1COC(CCl)CN1Cc1cccc(Br)c1. The molecule has 17 heavy (non-hydrogen) atoms. The minimum atomic E-state index is 0.167. The van der Waals surface area contributed by atoms with Crippen LogP contribution in [0, 0.1) is 0 Å². The summed E-state index contributed by atoms with van der Waals surface area (Å²) in [5.74, 6) is 0.571. The van der Waals surface area contributed by atoms with Gasteiger partial charge in [0.15, 0.2) is 0 Å². The van der Waals surface area contributed by atoms with Crippen LogP contribution >= 0.6 is 27.5 Å². The van der Waals surface area contributed by atoms with Crippen LogP contribution in [0.1, 0.15) is 12.5 Å². The first kappa shape index (κ1) is 13.3. The van der Waals surface area contributed by atoms with Gasteiger partial charge >= 0.3 is 0 Å². The highest BCUT2D eigenvalue weighted by atomic mass is 79.9. The molecule has 0 aliphatic carbocycles. The summed E-state index contributed by atoms with van der Waals surface area (Å²) < 4.78 is 6.78. The number of hydrogen-bond acceptors (Lipinski definition) is 2. The van der Waals surface area contributed by atoms with Crippen molar-refractivity contribution in [2.45, 2.75) is 25.6 Å². The third kappa shape index (κ3) is 3.68. The van der Waals surface area contributed by atoms with Gasteiger partial charge in [-0.15, -0.1) is 11.6 Å². The fourth-order valence-corrected chi connectivity index (χ4v) is 2.69. The predicted octanol–water partition coefficient (Wildman–Crippen LogP) is 3.28. The van der Waals surface area contributed by atoms with E-state index in [1.807, 2.05) is 6.07 Å². The Kier molecular flexibility index (Phi) is 4.86. The van der Waals surface area contributed by atoms with E-state index in [-0.39, 0.29) is 6.10 Å². The maximum absolute atomic E-state index is 5.86. The minimum absolute atomic E-state index is 0.167. The van der Waals surface area contributed by atoms with E-state index in [0.29, 0.717) is 11.9 Å². The Morgan fingerprint density at radius 1 is 1.53 bits per heavy atom. The molecule has 0 amide bonds. The van der Waals surface area contributed by atoms with Gasteiger partial charge < -0.3 is 4.74 Å². The van der Waals surface area contributed by atoms with Gasteiger partial charge in [-0.05, 0) is 24.6 Å². The van der Waals surface area contributed by atoms with E-state index >= 15 is 0 Å². The van der Waals surface area contributed by atoms with Gasteiger partial charge in [0.2, 0.25) is 0 Å². The molecule has 4 heteroatoms. The normalized spacial score (nSPS) is 26.1. The van der Waals surface area contributed by atoms with E-state index in [1.54, 1.807) is 0 Å². The summed E-state index contributed by atoms with van der Waals surface area (Å²) in [6.07, 6.45) is 0.167. The van der Waals surface area contributed by atoms with E-state index < -0.39 is 0 Å². The van der Waals surface area contributed by atoms with E-state index in [1.165, 1.54) is 5.56 Å². The molecule has 1 aliphatic heterocycles. The van der Waals surface area contributed by atoms with Gasteiger partial charge in [0.25, 0.3) is 0 Å². The lowest BCUT2D eigenvalue weighted by atomic mass is 10.1. The second-order valence-corrected chi connectivity index (χ2v) is 5.74.